The van der Waals surface area contributed by atoms with Crippen molar-refractivity contribution in [3.05, 3.63) is 11.8 Å². The predicted molar refractivity (Wildman–Crippen MR) is 60.1 cm³/mol. The number of hydrogen-bond donors (Lipinski definition) is 0. The number of aromatic nitrogens is 2. The minimum atomic E-state index is -4.67. The molecule has 1 saturated heterocycles. The smallest absolute Gasteiger partial charge is 0.422 e. The number of hydrogen-bond acceptors (Lipinski definition) is 5. The van der Waals surface area contributed by atoms with Crippen molar-refractivity contribution < 1.29 is 35.8 Å². The van der Waals surface area contributed by atoms with Crippen LogP contribution in [0.1, 0.15) is 49.5 Å². The van der Waals surface area contributed by atoms with Crippen LogP contribution in [0, 0.1) is 0 Å². The van der Waals surface area contributed by atoms with Gasteiger partial charge in [-0.15, -0.1) is 23.4 Å². The molecule has 22 heavy (non-hydrogen) atoms. The molecule has 1 unspecified atom stereocenters. The van der Waals surface area contributed by atoms with Gasteiger partial charge in [-0.25, -0.2) is 8.78 Å². The number of nitrogens with zero attached hydrogens (tertiary/aromatic N) is 2. The third kappa shape index (κ3) is 3.54. The molecule has 3 rings (SSSR count). The van der Waals surface area contributed by atoms with E-state index in [2.05, 4.69) is 14.9 Å². The molecule has 1 aromatic heterocycles. The van der Waals surface area contributed by atoms with Gasteiger partial charge in [0.2, 0.25) is 11.8 Å². The maximum atomic E-state index is 13.3. The molecule has 1 saturated carbocycles. The maximum Gasteiger partial charge on any atom is 0.522 e. The van der Waals surface area contributed by atoms with Crippen molar-refractivity contribution in [3.8, 4) is 0 Å². The zero-order valence-corrected chi connectivity index (χ0v) is 11.3. The van der Waals surface area contributed by atoms with Crippen LogP contribution in [0.5, 0.6) is 0 Å². The largest absolute Gasteiger partial charge is 0.522 e. The highest BCUT2D eigenvalue weighted by atomic mass is 19.4. The number of alkyl halides is 5. The van der Waals surface area contributed by atoms with E-state index >= 15 is 0 Å². The molecule has 0 spiro atoms. The Morgan fingerprint density at radius 3 is 2.45 bits per heavy atom. The summed E-state index contributed by atoms with van der Waals surface area (Å²) in [6.45, 7) is -0.111. The molecule has 2 aliphatic rings. The molecule has 10 heteroatoms. The molecule has 0 bridgehead atoms. The Morgan fingerprint density at radius 2 is 1.82 bits per heavy atom. The molecule has 5 nitrogen and oxygen atoms in total. The highest BCUT2D eigenvalue weighted by Crippen LogP contribution is 2.42. The van der Waals surface area contributed by atoms with E-state index in [0.717, 1.165) is 0 Å². The van der Waals surface area contributed by atoms with E-state index in [4.69, 9.17) is 9.15 Å². The fraction of sp³-hybridized carbons (Fsp3) is 0.833. The Morgan fingerprint density at radius 1 is 1.14 bits per heavy atom. The molecule has 1 aliphatic carbocycles. The van der Waals surface area contributed by atoms with Gasteiger partial charge >= 0.3 is 6.36 Å². The van der Waals surface area contributed by atoms with Gasteiger partial charge in [-0.2, -0.15) is 0 Å². The van der Waals surface area contributed by atoms with E-state index in [0.29, 0.717) is 0 Å². The van der Waals surface area contributed by atoms with Gasteiger partial charge in [-0.1, -0.05) is 0 Å². The first kappa shape index (κ1) is 15.6. The predicted octanol–water partition coefficient (Wildman–Crippen LogP) is 3.34. The van der Waals surface area contributed by atoms with Gasteiger partial charge in [0.25, 0.3) is 5.92 Å². The fourth-order valence-corrected chi connectivity index (χ4v) is 2.54. The molecule has 0 radical (unpaired) electrons. The Bertz CT molecular complexity index is 527. The Balaban J connectivity index is 1.57. The van der Waals surface area contributed by atoms with Gasteiger partial charge in [-0.3, -0.25) is 4.74 Å². The molecule has 0 N–H and O–H groups in total. The van der Waals surface area contributed by atoms with Crippen LogP contribution in [0.2, 0.25) is 0 Å². The Hall–Kier alpha value is -1.29. The van der Waals surface area contributed by atoms with Crippen molar-refractivity contribution in [2.75, 3.05) is 6.61 Å². The van der Waals surface area contributed by atoms with Crippen LogP contribution in [0.3, 0.4) is 0 Å². The molecule has 2 fully saturated rings. The lowest BCUT2D eigenvalue weighted by Gasteiger charge is -2.33. The summed E-state index contributed by atoms with van der Waals surface area (Å²) < 4.78 is 77.0. The van der Waals surface area contributed by atoms with Crippen molar-refractivity contribution in [2.24, 2.45) is 0 Å². The van der Waals surface area contributed by atoms with E-state index in [1.807, 2.05) is 0 Å². The summed E-state index contributed by atoms with van der Waals surface area (Å²) >= 11 is 0. The summed E-state index contributed by atoms with van der Waals surface area (Å²) in [4.78, 5) is 0. The molecule has 0 aromatic carbocycles. The van der Waals surface area contributed by atoms with Crippen LogP contribution in [0.25, 0.3) is 0 Å². The lowest BCUT2D eigenvalue weighted by Crippen LogP contribution is -2.34. The summed E-state index contributed by atoms with van der Waals surface area (Å²) in [5, 5.41) is 7.38. The van der Waals surface area contributed by atoms with Crippen LogP contribution in [-0.4, -0.2) is 35.2 Å². The standard InChI is InChI=1S/C12H13F5N2O3/c13-11(14)1-2-20-8(5-11)10-19-18-9(21-10)6-3-7(4-6)22-12(15,16)17/h6-8H,1-5H2. The summed E-state index contributed by atoms with van der Waals surface area (Å²) in [7, 11) is 0. The zero-order valence-electron chi connectivity index (χ0n) is 11.3. The van der Waals surface area contributed by atoms with E-state index in [1.54, 1.807) is 0 Å². The van der Waals surface area contributed by atoms with Crippen LogP contribution < -0.4 is 0 Å². The first-order valence-corrected chi connectivity index (χ1v) is 6.79. The van der Waals surface area contributed by atoms with Gasteiger partial charge < -0.3 is 9.15 Å². The third-order valence-corrected chi connectivity index (χ3v) is 3.75. The van der Waals surface area contributed by atoms with E-state index < -0.39 is 30.9 Å². The summed E-state index contributed by atoms with van der Waals surface area (Å²) in [6, 6.07) is 0. The maximum absolute atomic E-state index is 13.3. The van der Waals surface area contributed by atoms with E-state index in [1.165, 1.54) is 0 Å². The van der Waals surface area contributed by atoms with Crippen LogP contribution in [0.15, 0.2) is 4.42 Å². The quantitative estimate of drug-likeness (QED) is 0.797. The van der Waals surface area contributed by atoms with Gasteiger partial charge in [0.05, 0.1) is 12.7 Å². The van der Waals surface area contributed by atoms with Crippen molar-refractivity contribution in [2.45, 2.75) is 56.1 Å². The van der Waals surface area contributed by atoms with Crippen molar-refractivity contribution in [3.63, 3.8) is 0 Å². The van der Waals surface area contributed by atoms with Gasteiger partial charge in [0, 0.05) is 18.8 Å². The number of ether oxygens (including phenoxy) is 2. The van der Waals surface area contributed by atoms with Crippen LogP contribution in [-0.2, 0) is 9.47 Å². The SMILES string of the molecule is FC1(F)CCOC(c2nnc(C3CC(OC(F)(F)F)C3)o2)C1. The Kier molecular flexibility index (Phi) is 3.84. The molecule has 1 aromatic rings. The van der Waals surface area contributed by atoms with E-state index in [9.17, 15) is 22.0 Å². The highest BCUT2D eigenvalue weighted by molar-refractivity contribution is 5.02. The number of rotatable bonds is 3. The average Bonchev–Trinajstić information content (AvgIpc) is 2.80. The minimum Gasteiger partial charge on any atom is -0.422 e. The highest BCUT2D eigenvalue weighted by Gasteiger charge is 2.44. The second-order valence-electron chi connectivity index (χ2n) is 5.50. The molecule has 1 atom stereocenters. The summed E-state index contributed by atoms with van der Waals surface area (Å²) in [5.41, 5.74) is 0. The lowest BCUT2D eigenvalue weighted by molar-refractivity contribution is -0.352. The molecule has 124 valence electrons. The summed E-state index contributed by atoms with van der Waals surface area (Å²) in [5.74, 6) is -3.12. The summed E-state index contributed by atoms with van der Waals surface area (Å²) in [6.07, 6.45) is -7.28. The number of halogens is 5. The lowest BCUT2D eigenvalue weighted by atomic mass is 9.82. The molecular weight excluding hydrogens is 315 g/mol. The molecule has 1 aliphatic heterocycles. The van der Waals surface area contributed by atoms with Crippen molar-refractivity contribution in [1.29, 1.82) is 0 Å². The first-order valence-electron chi connectivity index (χ1n) is 6.79. The fourth-order valence-electron chi connectivity index (χ4n) is 2.54. The Labute approximate surface area is 121 Å². The van der Waals surface area contributed by atoms with Crippen LogP contribution >= 0.6 is 0 Å². The average molecular weight is 328 g/mol. The second-order valence-corrected chi connectivity index (χ2v) is 5.50. The van der Waals surface area contributed by atoms with Crippen molar-refractivity contribution >= 4 is 0 Å². The minimum absolute atomic E-state index is 0.0606. The molecule has 2 heterocycles. The third-order valence-electron chi connectivity index (χ3n) is 3.75. The molecular formula is C12H13F5N2O3. The van der Waals surface area contributed by atoms with Gasteiger partial charge in [-0.05, 0) is 12.8 Å². The molecule has 0 amide bonds. The first-order chi connectivity index (χ1) is 10.2. The van der Waals surface area contributed by atoms with Gasteiger partial charge in [0.15, 0.2) is 0 Å². The topological polar surface area (TPSA) is 57.4 Å². The van der Waals surface area contributed by atoms with Gasteiger partial charge in [0.1, 0.15) is 6.10 Å². The second kappa shape index (κ2) is 5.41. The van der Waals surface area contributed by atoms with Crippen LogP contribution in [0.4, 0.5) is 22.0 Å². The monoisotopic (exact) mass is 328 g/mol. The van der Waals surface area contributed by atoms with E-state index in [-0.39, 0.29) is 43.6 Å². The zero-order chi connectivity index (χ0) is 16.0. The normalized spacial score (nSPS) is 31.8. The van der Waals surface area contributed by atoms with Crippen molar-refractivity contribution in [1.82, 2.24) is 10.2 Å².